The fourth-order valence-electron chi connectivity index (χ4n) is 3.01. The first-order chi connectivity index (χ1) is 8.30. The molecule has 0 spiro atoms. The van der Waals surface area contributed by atoms with E-state index in [1.165, 1.54) is 4.88 Å². The summed E-state index contributed by atoms with van der Waals surface area (Å²) in [5.41, 5.74) is -0.947. The molecule has 1 aromatic heterocycles. The van der Waals surface area contributed by atoms with Gasteiger partial charge < -0.3 is 15.2 Å². The van der Waals surface area contributed by atoms with Crippen molar-refractivity contribution >= 4 is 11.3 Å². The molecule has 1 unspecified atom stereocenters. The Morgan fingerprint density at radius 1 is 1.39 bits per heavy atom. The van der Waals surface area contributed by atoms with E-state index in [2.05, 4.69) is 44.5 Å². The zero-order valence-electron chi connectivity index (χ0n) is 11.6. The van der Waals surface area contributed by atoms with E-state index in [4.69, 9.17) is 4.74 Å². The van der Waals surface area contributed by atoms with Crippen LogP contribution in [0.4, 0.5) is 0 Å². The Morgan fingerprint density at radius 3 is 2.56 bits per heavy atom. The molecule has 0 bridgehead atoms. The number of hydrogen-bond acceptors (Lipinski definition) is 4. The first kappa shape index (κ1) is 14.0. The minimum atomic E-state index is -0.375. The molecule has 0 aromatic carbocycles. The highest BCUT2D eigenvalue weighted by molar-refractivity contribution is 7.09. The quantitative estimate of drug-likeness (QED) is 0.882. The highest BCUT2D eigenvalue weighted by atomic mass is 32.1. The van der Waals surface area contributed by atoms with Gasteiger partial charge in [-0.15, -0.1) is 11.3 Å². The van der Waals surface area contributed by atoms with Crippen molar-refractivity contribution in [1.82, 2.24) is 5.32 Å². The van der Waals surface area contributed by atoms with Gasteiger partial charge in [0.2, 0.25) is 0 Å². The number of aliphatic hydroxyl groups is 1. The number of rotatable bonds is 4. The number of thiophene rings is 1. The first-order valence-electron chi connectivity index (χ1n) is 6.39. The predicted octanol–water partition coefficient (Wildman–Crippen LogP) is 2.55. The molecule has 3 nitrogen and oxygen atoms in total. The van der Waals surface area contributed by atoms with Crippen LogP contribution in [-0.2, 0) is 11.3 Å². The van der Waals surface area contributed by atoms with Gasteiger partial charge in [-0.3, -0.25) is 0 Å². The van der Waals surface area contributed by atoms with Crippen LogP contribution in [0.25, 0.3) is 0 Å². The van der Waals surface area contributed by atoms with Gasteiger partial charge >= 0.3 is 0 Å². The summed E-state index contributed by atoms with van der Waals surface area (Å²) in [5, 5.41) is 15.5. The summed E-state index contributed by atoms with van der Waals surface area (Å²) in [6, 6.07) is 4.16. The van der Waals surface area contributed by atoms with Gasteiger partial charge in [0, 0.05) is 11.4 Å². The zero-order valence-corrected chi connectivity index (χ0v) is 12.4. The molecule has 1 fully saturated rings. The molecule has 2 rings (SSSR count). The molecule has 2 N–H and O–H groups in total. The van der Waals surface area contributed by atoms with Crippen LogP contribution in [-0.4, -0.2) is 28.5 Å². The zero-order chi connectivity index (χ0) is 13.4. The third-order valence-corrected chi connectivity index (χ3v) is 4.74. The van der Waals surface area contributed by atoms with Crippen LogP contribution in [0.15, 0.2) is 17.5 Å². The Kier molecular flexibility index (Phi) is 3.58. The van der Waals surface area contributed by atoms with E-state index in [0.29, 0.717) is 0 Å². The summed E-state index contributed by atoms with van der Waals surface area (Å²) in [6.45, 7) is 9.15. The largest absolute Gasteiger partial charge is 0.394 e. The third-order valence-electron chi connectivity index (χ3n) is 3.86. The molecule has 0 saturated carbocycles. The van der Waals surface area contributed by atoms with Crippen molar-refractivity contribution in [1.29, 1.82) is 0 Å². The minimum absolute atomic E-state index is 0.0921. The molecule has 0 aliphatic carbocycles. The van der Waals surface area contributed by atoms with Gasteiger partial charge in [0.1, 0.15) is 0 Å². The first-order valence-corrected chi connectivity index (χ1v) is 7.27. The summed E-state index contributed by atoms with van der Waals surface area (Å²) in [5.74, 6) is 0. The normalized spacial score (nSPS) is 29.6. The molecular weight excluding hydrogens is 246 g/mol. The monoisotopic (exact) mass is 269 g/mol. The second kappa shape index (κ2) is 4.60. The van der Waals surface area contributed by atoms with Crippen molar-refractivity contribution in [3.63, 3.8) is 0 Å². The van der Waals surface area contributed by atoms with Crippen molar-refractivity contribution < 1.29 is 9.84 Å². The van der Waals surface area contributed by atoms with Crippen molar-refractivity contribution in [2.75, 3.05) is 6.61 Å². The molecular formula is C14H23NO2S. The molecule has 1 aliphatic rings. The lowest BCUT2D eigenvalue weighted by Crippen LogP contribution is -2.59. The summed E-state index contributed by atoms with van der Waals surface area (Å²) >= 11 is 1.73. The fourth-order valence-corrected chi connectivity index (χ4v) is 3.66. The maximum atomic E-state index is 9.87. The van der Waals surface area contributed by atoms with E-state index in [1.807, 2.05) is 6.07 Å². The molecule has 18 heavy (non-hydrogen) atoms. The number of ether oxygens (including phenoxy) is 1. The van der Waals surface area contributed by atoms with Crippen molar-refractivity contribution in [3.8, 4) is 0 Å². The van der Waals surface area contributed by atoms with Gasteiger partial charge in [0.25, 0.3) is 0 Å². The maximum absolute atomic E-state index is 9.87. The molecule has 2 heterocycles. The average Bonchev–Trinajstić information content (AvgIpc) is 2.80. The fraction of sp³-hybridized carbons (Fsp3) is 0.714. The van der Waals surface area contributed by atoms with Crippen molar-refractivity contribution in [2.45, 2.75) is 57.4 Å². The molecule has 0 amide bonds. The Bertz CT molecular complexity index is 400. The molecule has 1 saturated heterocycles. The third kappa shape index (κ3) is 2.48. The summed E-state index contributed by atoms with van der Waals surface area (Å²) in [7, 11) is 0. The summed E-state index contributed by atoms with van der Waals surface area (Å²) < 4.78 is 6.09. The average molecular weight is 269 g/mol. The standard InChI is InChI=1S/C14H23NO2S/c1-12(2)9-14(10-16,13(3,4)17-12)15-8-11-6-5-7-18-11/h5-7,15-16H,8-10H2,1-4H3. The van der Waals surface area contributed by atoms with Gasteiger partial charge in [0.05, 0.1) is 23.3 Å². The van der Waals surface area contributed by atoms with Crippen LogP contribution in [0.5, 0.6) is 0 Å². The molecule has 4 heteroatoms. The van der Waals surface area contributed by atoms with E-state index in [0.717, 1.165) is 13.0 Å². The molecule has 1 aliphatic heterocycles. The summed E-state index contributed by atoms with van der Waals surface area (Å²) in [4.78, 5) is 1.28. The summed E-state index contributed by atoms with van der Waals surface area (Å²) in [6.07, 6.45) is 0.814. The van der Waals surface area contributed by atoms with Crippen LogP contribution >= 0.6 is 11.3 Å². The second-order valence-corrected chi connectivity index (χ2v) is 7.25. The number of hydrogen-bond donors (Lipinski definition) is 2. The van der Waals surface area contributed by atoms with Gasteiger partial charge in [-0.2, -0.15) is 0 Å². The predicted molar refractivity (Wildman–Crippen MR) is 74.8 cm³/mol. The van der Waals surface area contributed by atoms with Crippen LogP contribution in [0.2, 0.25) is 0 Å². The SMILES string of the molecule is CC1(C)CC(CO)(NCc2cccs2)C(C)(C)O1. The smallest absolute Gasteiger partial charge is 0.0838 e. The lowest BCUT2D eigenvalue weighted by molar-refractivity contribution is -0.0898. The lowest BCUT2D eigenvalue weighted by atomic mass is 9.79. The van der Waals surface area contributed by atoms with Crippen molar-refractivity contribution in [2.24, 2.45) is 0 Å². The van der Waals surface area contributed by atoms with E-state index < -0.39 is 0 Å². The Labute approximate surface area is 113 Å². The second-order valence-electron chi connectivity index (χ2n) is 6.22. The molecule has 1 atom stereocenters. The molecule has 102 valence electrons. The van der Waals surface area contributed by atoms with Crippen molar-refractivity contribution in [3.05, 3.63) is 22.4 Å². The van der Waals surface area contributed by atoms with Crippen LogP contribution in [0.3, 0.4) is 0 Å². The topological polar surface area (TPSA) is 41.5 Å². The number of aliphatic hydroxyl groups excluding tert-OH is 1. The Balaban J connectivity index is 2.15. The van der Waals surface area contributed by atoms with Gasteiger partial charge in [-0.25, -0.2) is 0 Å². The number of nitrogens with one attached hydrogen (secondary N) is 1. The van der Waals surface area contributed by atoms with Gasteiger partial charge in [-0.1, -0.05) is 6.07 Å². The Morgan fingerprint density at radius 2 is 2.11 bits per heavy atom. The van der Waals surface area contributed by atoms with Crippen LogP contribution in [0.1, 0.15) is 39.0 Å². The van der Waals surface area contributed by atoms with E-state index in [-0.39, 0.29) is 23.3 Å². The maximum Gasteiger partial charge on any atom is 0.0838 e. The van der Waals surface area contributed by atoms with E-state index in [1.54, 1.807) is 11.3 Å². The molecule has 0 radical (unpaired) electrons. The minimum Gasteiger partial charge on any atom is -0.394 e. The highest BCUT2D eigenvalue weighted by Gasteiger charge is 2.56. The van der Waals surface area contributed by atoms with Crippen LogP contribution < -0.4 is 5.32 Å². The Hall–Kier alpha value is -0.420. The highest BCUT2D eigenvalue weighted by Crippen LogP contribution is 2.44. The van der Waals surface area contributed by atoms with E-state index in [9.17, 15) is 5.11 Å². The van der Waals surface area contributed by atoms with Gasteiger partial charge in [0.15, 0.2) is 0 Å². The van der Waals surface area contributed by atoms with Gasteiger partial charge in [-0.05, 0) is 45.6 Å². The molecule has 1 aromatic rings. The lowest BCUT2D eigenvalue weighted by Gasteiger charge is -2.39. The van der Waals surface area contributed by atoms with Crippen LogP contribution in [0, 0.1) is 0 Å². The van der Waals surface area contributed by atoms with E-state index >= 15 is 0 Å².